The molecular formula is C18H20N4O3. The van der Waals surface area contributed by atoms with Crippen LogP contribution in [0.25, 0.3) is 11.5 Å². The van der Waals surface area contributed by atoms with E-state index < -0.39 is 11.5 Å². The van der Waals surface area contributed by atoms with Gasteiger partial charge in [0, 0.05) is 19.3 Å². The van der Waals surface area contributed by atoms with Crippen LogP contribution in [-0.4, -0.2) is 27.2 Å². The van der Waals surface area contributed by atoms with Crippen molar-refractivity contribution < 1.29 is 9.21 Å². The van der Waals surface area contributed by atoms with Crippen molar-refractivity contribution in [2.45, 2.75) is 20.3 Å². The molecule has 0 aliphatic carbocycles. The molecule has 0 unspecified atom stereocenters. The summed E-state index contributed by atoms with van der Waals surface area (Å²) in [6.07, 6.45) is 2.19. The predicted octanol–water partition coefficient (Wildman–Crippen LogP) is 1.96. The van der Waals surface area contributed by atoms with Gasteiger partial charge in [-0.2, -0.15) is 5.10 Å². The van der Waals surface area contributed by atoms with Gasteiger partial charge in [0.1, 0.15) is 11.3 Å². The first-order valence-electron chi connectivity index (χ1n) is 8.02. The molecule has 130 valence electrons. The van der Waals surface area contributed by atoms with E-state index in [-0.39, 0.29) is 5.56 Å². The number of furan rings is 1. The average Bonchev–Trinajstić information content (AvgIpc) is 3.19. The van der Waals surface area contributed by atoms with E-state index >= 15 is 0 Å². The third kappa shape index (κ3) is 3.40. The highest BCUT2D eigenvalue weighted by atomic mass is 16.3. The molecule has 0 radical (unpaired) electrons. The lowest BCUT2D eigenvalue weighted by atomic mass is 10.1. The number of H-pyrrole nitrogens is 1. The molecule has 3 aromatic rings. The molecule has 3 aromatic heterocycles. The van der Waals surface area contributed by atoms with E-state index in [1.807, 2.05) is 25.6 Å². The Morgan fingerprint density at radius 2 is 2.12 bits per heavy atom. The van der Waals surface area contributed by atoms with Crippen molar-refractivity contribution in [2.24, 2.45) is 7.05 Å². The Kier molecular flexibility index (Phi) is 4.56. The first-order valence-corrected chi connectivity index (χ1v) is 8.02. The predicted molar refractivity (Wildman–Crippen MR) is 93.5 cm³/mol. The van der Waals surface area contributed by atoms with Gasteiger partial charge in [-0.1, -0.05) is 0 Å². The fraction of sp³-hybridized carbons (Fsp3) is 0.278. The van der Waals surface area contributed by atoms with Crippen molar-refractivity contribution >= 4 is 5.91 Å². The first-order chi connectivity index (χ1) is 12.0. The molecule has 7 heteroatoms. The SMILES string of the molecule is Cc1nn(C)c(C)c1CCNC(=O)c1ccc(-c2ccco2)[nH]c1=O. The molecule has 1 amide bonds. The molecule has 0 spiro atoms. The van der Waals surface area contributed by atoms with Crippen molar-refractivity contribution in [3.8, 4) is 11.5 Å². The maximum absolute atomic E-state index is 12.3. The zero-order chi connectivity index (χ0) is 18.0. The molecule has 0 saturated heterocycles. The van der Waals surface area contributed by atoms with Gasteiger partial charge in [0.25, 0.3) is 11.5 Å². The molecule has 0 aromatic carbocycles. The monoisotopic (exact) mass is 340 g/mol. The number of aromatic nitrogens is 3. The lowest BCUT2D eigenvalue weighted by Gasteiger charge is -2.06. The maximum atomic E-state index is 12.3. The minimum Gasteiger partial charge on any atom is -0.463 e. The molecule has 0 aliphatic heterocycles. The van der Waals surface area contributed by atoms with Gasteiger partial charge in [-0.25, -0.2) is 0 Å². The average molecular weight is 340 g/mol. The first kappa shape index (κ1) is 16.8. The fourth-order valence-corrected chi connectivity index (χ4v) is 2.80. The molecule has 3 rings (SSSR count). The summed E-state index contributed by atoms with van der Waals surface area (Å²) in [5.74, 6) is 0.151. The molecule has 2 N–H and O–H groups in total. The second-order valence-electron chi connectivity index (χ2n) is 5.87. The number of nitrogens with one attached hydrogen (secondary N) is 2. The maximum Gasteiger partial charge on any atom is 0.261 e. The minimum absolute atomic E-state index is 0.0786. The van der Waals surface area contributed by atoms with E-state index in [2.05, 4.69) is 15.4 Å². The Morgan fingerprint density at radius 3 is 2.72 bits per heavy atom. The topological polar surface area (TPSA) is 92.9 Å². The molecule has 3 heterocycles. The van der Waals surface area contributed by atoms with E-state index in [4.69, 9.17) is 4.42 Å². The standard InChI is InChI=1S/C18H20N4O3/c1-11-13(12(2)22(3)21-11)8-9-19-17(23)14-6-7-15(20-18(14)24)16-5-4-10-25-16/h4-7,10H,8-9H2,1-3H3,(H,19,23)(H,20,24). The van der Waals surface area contributed by atoms with E-state index in [0.717, 1.165) is 17.0 Å². The summed E-state index contributed by atoms with van der Waals surface area (Å²) < 4.78 is 7.06. The Morgan fingerprint density at radius 1 is 1.32 bits per heavy atom. The second kappa shape index (κ2) is 6.80. The number of hydrogen-bond acceptors (Lipinski definition) is 4. The van der Waals surface area contributed by atoms with Crippen molar-refractivity contribution in [1.29, 1.82) is 0 Å². The number of nitrogens with zero attached hydrogens (tertiary/aromatic N) is 2. The third-order valence-electron chi connectivity index (χ3n) is 4.26. The summed E-state index contributed by atoms with van der Waals surface area (Å²) in [6, 6.07) is 6.64. The highest BCUT2D eigenvalue weighted by Crippen LogP contribution is 2.15. The van der Waals surface area contributed by atoms with Crippen molar-refractivity contribution in [3.63, 3.8) is 0 Å². The van der Waals surface area contributed by atoms with Crippen LogP contribution < -0.4 is 10.9 Å². The zero-order valence-corrected chi connectivity index (χ0v) is 14.4. The van der Waals surface area contributed by atoms with Gasteiger partial charge in [0.15, 0.2) is 0 Å². The summed E-state index contributed by atoms with van der Waals surface area (Å²) in [5.41, 5.74) is 3.32. The second-order valence-corrected chi connectivity index (χ2v) is 5.87. The molecular weight excluding hydrogens is 320 g/mol. The number of hydrogen-bond donors (Lipinski definition) is 2. The van der Waals surface area contributed by atoms with Gasteiger partial charge in [0.2, 0.25) is 0 Å². The van der Waals surface area contributed by atoms with E-state index in [0.29, 0.717) is 24.4 Å². The van der Waals surface area contributed by atoms with Gasteiger partial charge in [0.05, 0.1) is 17.7 Å². The summed E-state index contributed by atoms with van der Waals surface area (Å²) in [6.45, 7) is 4.38. The number of rotatable bonds is 5. The van der Waals surface area contributed by atoms with Gasteiger partial charge in [-0.15, -0.1) is 0 Å². The van der Waals surface area contributed by atoms with Gasteiger partial charge in [-0.3, -0.25) is 14.3 Å². The number of aromatic amines is 1. The van der Waals surface area contributed by atoms with E-state index in [1.165, 1.54) is 12.3 Å². The third-order valence-corrected chi connectivity index (χ3v) is 4.26. The highest BCUT2D eigenvalue weighted by molar-refractivity contribution is 5.94. The van der Waals surface area contributed by atoms with Crippen molar-refractivity contribution in [2.75, 3.05) is 6.54 Å². The van der Waals surface area contributed by atoms with Crippen LogP contribution in [-0.2, 0) is 13.5 Å². The molecule has 25 heavy (non-hydrogen) atoms. The van der Waals surface area contributed by atoms with Crippen LogP contribution in [0.5, 0.6) is 0 Å². The fourth-order valence-electron chi connectivity index (χ4n) is 2.80. The normalized spacial score (nSPS) is 10.8. The van der Waals surface area contributed by atoms with Crippen LogP contribution in [0.3, 0.4) is 0 Å². The van der Waals surface area contributed by atoms with Crippen molar-refractivity contribution in [1.82, 2.24) is 20.1 Å². The van der Waals surface area contributed by atoms with Crippen LogP contribution in [0.15, 0.2) is 39.7 Å². The smallest absolute Gasteiger partial charge is 0.261 e. The molecule has 0 fully saturated rings. The Labute approximate surface area is 144 Å². The van der Waals surface area contributed by atoms with Crippen LogP contribution in [0.1, 0.15) is 27.3 Å². The summed E-state index contributed by atoms with van der Waals surface area (Å²) in [5, 5.41) is 7.14. The number of carbonyl (C=O) groups excluding carboxylic acids is 1. The molecule has 0 aliphatic rings. The number of pyridine rings is 1. The van der Waals surface area contributed by atoms with Crippen molar-refractivity contribution in [3.05, 3.63) is 63.4 Å². The lowest BCUT2D eigenvalue weighted by Crippen LogP contribution is -2.31. The largest absolute Gasteiger partial charge is 0.463 e. The highest BCUT2D eigenvalue weighted by Gasteiger charge is 2.13. The van der Waals surface area contributed by atoms with Crippen LogP contribution in [0, 0.1) is 13.8 Å². The van der Waals surface area contributed by atoms with Gasteiger partial charge >= 0.3 is 0 Å². The summed E-state index contributed by atoms with van der Waals surface area (Å²) >= 11 is 0. The molecule has 0 saturated carbocycles. The van der Waals surface area contributed by atoms with Gasteiger partial charge in [-0.05, 0) is 50.1 Å². The van der Waals surface area contributed by atoms with E-state index in [1.54, 1.807) is 18.2 Å². The Bertz CT molecular complexity index is 951. The van der Waals surface area contributed by atoms with E-state index in [9.17, 15) is 9.59 Å². The van der Waals surface area contributed by atoms with Gasteiger partial charge < -0.3 is 14.7 Å². The van der Waals surface area contributed by atoms with Crippen LogP contribution in [0.4, 0.5) is 0 Å². The lowest BCUT2D eigenvalue weighted by molar-refractivity contribution is 0.0952. The molecule has 0 atom stereocenters. The summed E-state index contributed by atoms with van der Waals surface area (Å²) in [7, 11) is 1.89. The Hall–Kier alpha value is -3.09. The molecule has 7 nitrogen and oxygen atoms in total. The minimum atomic E-state index is -0.444. The van der Waals surface area contributed by atoms with Crippen LogP contribution in [0.2, 0.25) is 0 Å². The number of aryl methyl sites for hydroxylation is 2. The quantitative estimate of drug-likeness (QED) is 0.742. The van der Waals surface area contributed by atoms with Crippen LogP contribution >= 0.6 is 0 Å². The summed E-state index contributed by atoms with van der Waals surface area (Å²) in [4.78, 5) is 27.1. The zero-order valence-electron chi connectivity index (χ0n) is 14.4. The number of carbonyl (C=O) groups is 1. The Balaban J connectivity index is 1.66. The number of amides is 1. The molecule has 0 bridgehead atoms.